The van der Waals surface area contributed by atoms with Crippen LogP contribution >= 0.6 is 15.9 Å². The molecular formula is C13H17BrO3. The number of aliphatic hydroxyl groups excluding tert-OH is 1. The topological polar surface area (TPSA) is 38.7 Å². The smallest absolute Gasteiger partial charge is 0.125 e. The lowest BCUT2D eigenvalue weighted by atomic mass is 10.1. The summed E-state index contributed by atoms with van der Waals surface area (Å²) in [7, 11) is 0. The number of hydrogen-bond donors (Lipinski definition) is 1. The molecule has 1 heterocycles. The van der Waals surface area contributed by atoms with Crippen LogP contribution in [0.2, 0.25) is 0 Å². The van der Waals surface area contributed by atoms with E-state index in [0.29, 0.717) is 6.61 Å². The molecule has 1 N–H and O–H groups in total. The maximum Gasteiger partial charge on any atom is 0.125 e. The molecule has 0 bridgehead atoms. The molecule has 0 aromatic heterocycles. The van der Waals surface area contributed by atoms with E-state index in [2.05, 4.69) is 15.9 Å². The van der Waals surface area contributed by atoms with E-state index >= 15 is 0 Å². The maximum absolute atomic E-state index is 9.69. The van der Waals surface area contributed by atoms with E-state index in [9.17, 15) is 5.11 Å². The molecule has 0 radical (unpaired) electrons. The van der Waals surface area contributed by atoms with Crippen molar-refractivity contribution in [2.24, 2.45) is 0 Å². The lowest BCUT2D eigenvalue weighted by molar-refractivity contribution is 0.0664. The lowest BCUT2D eigenvalue weighted by Crippen LogP contribution is -2.17. The van der Waals surface area contributed by atoms with Crippen LogP contribution in [0.15, 0.2) is 22.7 Å². The third kappa shape index (κ3) is 3.44. The van der Waals surface area contributed by atoms with Gasteiger partial charge in [0.05, 0.1) is 12.2 Å². The van der Waals surface area contributed by atoms with Crippen LogP contribution in [0.5, 0.6) is 5.75 Å². The molecule has 1 aromatic rings. The normalized spacial score (nSPS) is 21.5. The number of benzene rings is 1. The van der Waals surface area contributed by atoms with Gasteiger partial charge in [-0.05, 0) is 38.0 Å². The molecule has 1 aromatic carbocycles. The predicted molar refractivity (Wildman–Crippen MR) is 69.2 cm³/mol. The van der Waals surface area contributed by atoms with Gasteiger partial charge in [0.1, 0.15) is 12.4 Å². The standard InChI is InChI=1S/C13H17BrO3/c1-9(15)12-7-10(14)4-5-13(12)17-8-11-3-2-6-16-11/h4-5,7,9,11,15H,2-3,6,8H2,1H3/t9-,11?/m1/s1. The molecule has 3 nitrogen and oxygen atoms in total. The second-order valence-corrected chi connectivity index (χ2v) is 5.22. The van der Waals surface area contributed by atoms with Crippen LogP contribution in [-0.2, 0) is 4.74 Å². The summed E-state index contributed by atoms with van der Waals surface area (Å²) in [5.41, 5.74) is 0.803. The van der Waals surface area contributed by atoms with Gasteiger partial charge < -0.3 is 14.6 Å². The fourth-order valence-electron chi connectivity index (χ4n) is 1.94. The van der Waals surface area contributed by atoms with Gasteiger partial charge in [0.25, 0.3) is 0 Å². The van der Waals surface area contributed by atoms with Crippen molar-refractivity contribution in [3.63, 3.8) is 0 Å². The van der Waals surface area contributed by atoms with Crippen LogP contribution < -0.4 is 4.74 Å². The first-order valence-electron chi connectivity index (χ1n) is 5.88. The fourth-order valence-corrected chi connectivity index (χ4v) is 2.31. The molecule has 0 aliphatic carbocycles. The molecule has 1 saturated heterocycles. The van der Waals surface area contributed by atoms with E-state index in [1.54, 1.807) is 6.92 Å². The van der Waals surface area contributed by atoms with Gasteiger partial charge in [0.15, 0.2) is 0 Å². The largest absolute Gasteiger partial charge is 0.490 e. The van der Waals surface area contributed by atoms with E-state index in [4.69, 9.17) is 9.47 Å². The number of hydrogen-bond acceptors (Lipinski definition) is 3. The summed E-state index contributed by atoms with van der Waals surface area (Å²) < 4.78 is 12.2. The first-order valence-corrected chi connectivity index (χ1v) is 6.68. The van der Waals surface area contributed by atoms with E-state index in [-0.39, 0.29) is 6.10 Å². The van der Waals surface area contributed by atoms with Crippen molar-refractivity contribution >= 4 is 15.9 Å². The molecule has 1 aliphatic heterocycles. The molecule has 17 heavy (non-hydrogen) atoms. The Kier molecular flexibility index (Phi) is 4.42. The van der Waals surface area contributed by atoms with Crippen LogP contribution in [0, 0.1) is 0 Å². The van der Waals surface area contributed by atoms with Crippen LogP contribution in [0.25, 0.3) is 0 Å². The molecule has 1 aliphatic rings. The van der Waals surface area contributed by atoms with E-state index in [1.807, 2.05) is 18.2 Å². The summed E-state index contributed by atoms with van der Waals surface area (Å²) in [5, 5.41) is 9.69. The van der Waals surface area contributed by atoms with Gasteiger partial charge in [0.2, 0.25) is 0 Å². The van der Waals surface area contributed by atoms with Crippen LogP contribution in [0.1, 0.15) is 31.4 Å². The van der Waals surface area contributed by atoms with Gasteiger partial charge in [-0.15, -0.1) is 0 Å². The van der Waals surface area contributed by atoms with Crippen molar-refractivity contribution in [2.75, 3.05) is 13.2 Å². The minimum Gasteiger partial charge on any atom is -0.490 e. The molecule has 1 unspecified atom stereocenters. The Balaban J connectivity index is 2.03. The van der Waals surface area contributed by atoms with Gasteiger partial charge in [-0.25, -0.2) is 0 Å². The van der Waals surface area contributed by atoms with Crippen molar-refractivity contribution in [3.8, 4) is 5.75 Å². The number of rotatable bonds is 4. The highest BCUT2D eigenvalue weighted by atomic mass is 79.9. The summed E-state index contributed by atoms with van der Waals surface area (Å²) in [6, 6.07) is 5.67. The molecule has 1 fully saturated rings. The first-order chi connectivity index (χ1) is 8.16. The Hall–Kier alpha value is -0.580. The molecule has 0 amide bonds. The zero-order valence-corrected chi connectivity index (χ0v) is 11.4. The van der Waals surface area contributed by atoms with Gasteiger partial charge in [-0.1, -0.05) is 15.9 Å². The van der Waals surface area contributed by atoms with Crippen LogP contribution in [0.4, 0.5) is 0 Å². The highest BCUT2D eigenvalue weighted by Gasteiger charge is 2.17. The molecule has 94 valence electrons. The average Bonchev–Trinajstić information content (AvgIpc) is 2.80. The quantitative estimate of drug-likeness (QED) is 0.929. The average molecular weight is 301 g/mol. The zero-order valence-electron chi connectivity index (χ0n) is 9.86. The molecule has 4 heteroatoms. The number of ether oxygens (including phenoxy) is 2. The number of halogens is 1. The molecule has 2 atom stereocenters. The Morgan fingerprint density at radius 1 is 1.59 bits per heavy atom. The second-order valence-electron chi connectivity index (χ2n) is 4.30. The Bertz CT molecular complexity index is 373. The third-order valence-corrected chi connectivity index (χ3v) is 3.36. The van der Waals surface area contributed by atoms with Crippen LogP contribution in [0.3, 0.4) is 0 Å². The fraction of sp³-hybridized carbons (Fsp3) is 0.538. The molecule has 0 spiro atoms. The number of aliphatic hydroxyl groups is 1. The van der Waals surface area contributed by atoms with Crippen LogP contribution in [-0.4, -0.2) is 24.4 Å². The summed E-state index contributed by atoms with van der Waals surface area (Å²) >= 11 is 3.39. The van der Waals surface area contributed by atoms with Crippen molar-refractivity contribution in [2.45, 2.75) is 32.0 Å². The highest BCUT2D eigenvalue weighted by molar-refractivity contribution is 9.10. The zero-order chi connectivity index (χ0) is 12.3. The monoisotopic (exact) mass is 300 g/mol. The Morgan fingerprint density at radius 3 is 3.06 bits per heavy atom. The Morgan fingerprint density at radius 2 is 2.41 bits per heavy atom. The first kappa shape index (κ1) is 12.9. The second kappa shape index (κ2) is 5.85. The van der Waals surface area contributed by atoms with Crippen molar-refractivity contribution < 1.29 is 14.6 Å². The maximum atomic E-state index is 9.69. The van der Waals surface area contributed by atoms with Gasteiger partial charge >= 0.3 is 0 Å². The molecule has 2 rings (SSSR count). The summed E-state index contributed by atoms with van der Waals surface area (Å²) in [4.78, 5) is 0. The molecule has 0 saturated carbocycles. The van der Waals surface area contributed by atoms with Gasteiger partial charge in [0, 0.05) is 16.6 Å². The summed E-state index contributed by atoms with van der Waals surface area (Å²) in [6.45, 7) is 3.12. The van der Waals surface area contributed by atoms with Crippen molar-refractivity contribution in [1.29, 1.82) is 0 Å². The van der Waals surface area contributed by atoms with Gasteiger partial charge in [-0.2, -0.15) is 0 Å². The lowest BCUT2D eigenvalue weighted by Gasteiger charge is -2.16. The van der Waals surface area contributed by atoms with E-state index in [1.165, 1.54) is 0 Å². The van der Waals surface area contributed by atoms with Gasteiger partial charge in [-0.3, -0.25) is 0 Å². The summed E-state index contributed by atoms with van der Waals surface area (Å²) in [6.07, 6.45) is 1.82. The minimum atomic E-state index is -0.535. The predicted octanol–water partition coefficient (Wildman–Crippen LogP) is 3.06. The van der Waals surface area contributed by atoms with Crippen molar-refractivity contribution in [1.82, 2.24) is 0 Å². The minimum absolute atomic E-state index is 0.195. The molecular weight excluding hydrogens is 284 g/mol. The Labute approximate surface area is 110 Å². The van der Waals surface area contributed by atoms with Crippen molar-refractivity contribution in [3.05, 3.63) is 28.2 Å². The highest BCUT2D eigenvalue weighted by Crippen LogP contribution is 2.29. The van der Waals surface area contributed by atoms with E-state index in [0.717, 1.165) is 35.2 Å². The SMILES string of the molecule is C[C@@H](O)c1cc(Br)ccc1OCC1CCCO1. The van der Waals surface area contributed by atoms with E-state index < -0.39 is 6.10 Å². The summed E-state index contributed by atoms with van der Waals surface area (Å²) in [5.74, 6) is 0.735. The third-order valence-electron chi connectivity index (χ3n) is 2.87.